The van der Waals surface area contributed by atoms with E-state index in [1.54, 1.807) is 7.11 Å². The van der Waals surface area contributed by atoms with Crippen LogP contribution in [0.25, 0.3) is 0 Å². The average Bonchev–Trinajstić information content (AvgIpc) is 2.46. The molecule has 3 atom stereocenters. The van der Waals surface area contributed by atoms with Crippen LogP contribution in [-0.2, 0) is 0 Å². The highest BCUT2D eigenvalue weighted by atomic mass is 79.9. The average molecular weight is 342 g/mol. The van der Waals surface area contributed by atoms with E-state index in [2.05, 4.69) is 33.9 Å². The minimum Gasteiger partial charge on any atom is -0.497 e. The Morgan fingerprint density at radius 3 is 2.95 bits per heavy atom. The number of nitrogens with zero attached hydrogens (tertiary/aromatic N) is 1. The van der Waals surface area contributed by atoms with Gasteiger partial charge in [-0.1, -0.05) is 0 Å². The van der Waals surface area contributed by atoms with Crippen molar-refractivity contribution in [1.29, 1.82) is 0 Å². The molecule has 5 heteroatoms. The van der Waals surface area contributed by atoms with Gasteiger partial charge in [0.05, 0.1) is 18.2 Å². The number of aliphatic hydroxyl groups is 1. The second-order valence-electron chi connectivity index (χ2n) is 5.77. The minimum absolute atomic E-state index is 0.218. The molecule has 2 aliphatic heterocycles. The minimum atomic E-state index is 0.218. The van der Waals surface area contributed by atoms with Crippen molar-refractivity contribution in [3.05, 3.63) is 22.2 Å². The summed E-state index contributed by atoms with van der Waals surface area (Å²) in [5, 5.41) is 9.63. The highest BCUT2D eigenvalue weighted by molar-refractivity contribution is 9.10. The molecule has 0 radical (unpaired) electrons. The molecule has 0 aliphatic carbocycles. The van der Waals surface area contributed by atoms with Gasteiger partial charge in [0.25, 0.3) is 0 Å². The van der Waals surface area contributed by atoms with Gasteiger partial charge in [-0.05, 0) is 35.1 Å². The molecule has 0 aromatic heterocycles. The molecule has 0 bridgehead atoms. The van der Waals surface area contributed by atoms with E-state index in [0.29, 0.717) is 18.4 Å². The molecule has 0 saturated carbocycles. The largest absolute Gasteiger partial charge is 0.497 e. The number of rotatable bonds is 2. The van der Waals surface area contributed by atoms with Gasteiger partial charge in [0.15, 0.2) is 0 Å². The van der Waals surface area contributed by atoms with Gasteiger partial charge < -0.3 is 19.5 Å². The summed E-state index contributed by atoms with van der Waals surface area (Å²) in [4.78, 5) is 2.30. The van der Waals surface area contributed by atoms with E-state index in [-0.39, 0.29) is 12.5 Å². The third-order valence-electron chi connectivity index (χ3n) is 4.51. The topological polar surface area (TPSA) is 41.9 Å². The number of fused-ring (bicyclic) bond motifs is 3. The van der Waals surface area contributed by atoms with Gasteiger partial charge in [0.1, 0.15) is 11.5 Å². The molecule has 0 spiro atoms. The van der Waals surface area contributed by atoms with E-state index >= 15 is 0 Å². The number of hydrogen-bond acceptors (Lipinski definition) is 4. The van der Waals surface area contributed by atoms with E-state index in [4.69, 9.17) is 9.47 Å². The van der Waals surface area contributed by atoms with Crippen molar-refractivity contribution in [3.8, 4) is 11.5 Å². The predicted molar refractivity (Wildman–Crippen MR) is 80.5 cm³/mol. The first-order valence-electron chi connectivity index (χ1n) is 6.93. The molecule has 2 heterocycles. The maximum Gasteiger partial charge on any atom is 0.137 e. The zero-order valence-electron chi connectivity index (χ0n) is 11.8. The molecule has 1 fully saturated rings. The lowest BCUT2D eigenvalue weighted by molar-refractivity contribution is 0.0287. The molecular weight excluding hydrogens is 322 g/mol. The van der Waals surface area contributed by atoms with E-state index < -0.39 is 0 Å². The van der Waals surface area contributed by atoms with Crippen LogP contribution in [0.15, 0.2) is 16.6 Å². The number of likely N-dealkylation sites (N-methyl/N-ethyl adjacent to an activating group) is 1. The molecule has 1 saturated heterocycles. The second kappa shape index (κ2) is 5.54. The fourth-order valence-corrected chi connectivity index (χ4v) is 4.07. The summed E-state index contributed by atoms with van der Waals surface area (Å²) in [5.41, 5.74) is 1.19. The van der Waals surface area contributed by atoms with E-state index in [0.717, 1.165) is 29.1 Å². The molecule has 2 aliphatic rings. The number of ether oxygens (including phenoxy) is 2. The molecule has 20 heavy (non-hydrogen) atoms. The Morgan fingerprint density at radius 2 is 2.25 bits per heavy atom. The van der Waals surface area contributed by atoms with Crippen LogP contribution in [0.3, 0.4) is 0 Å². The van der Waals surface area contributed by atoms with E-state index in [9.17, 15) is 5.11 Å². The van der Waals surface area contributed by atoms with Crippen molar-refractivity contribution in [2.75, 3.05) is 40.5 Å². The quantitative estimate of drug-likeness (QED) is 0.894. The van der Waals surface area contributed by atoms with Crippen molar-refractivity contribution >= 4 is 15.9 Å². The van der Waals surface area contributed by atoms with Crippen molar-refractivity contribution in [2.45, 2.75) is 5.92 Å². The molecule has 3 rings (SSSR count). The Balaban J connectivity index is 2.02. The van der Waals surface area contributed by atoms with Crippen LogP contribution in [0.5, 0.6) is 11.5 Å². The van der Waals surface area contributed by atoms with Crippen molar-refractivity contribution in [1.82, 2.24) is 4.90 Å². The van der Waals surface area contributed by atoms with Crippen LogP contribution >= 0.6 is 15.9 Å². The van der Waals surface area contributed by atoms with Gasteiger partial charge in [0.2, 0.25) is 0 Å². The van der Waals surface area contributed by atoms with Gasteiger partial charge in [-0.25, -0.2) is 0 Å². The number of piperidine rings is 1. The molecule has 1 aromatic carbocycles. The summed E-state index contributed by atoms with van der Waals surface area (Å²) < 4.78 is 12.3. The normalized spacial score (nSPS) is 29.3. The lowest BCUT2D eigenvalue weighted by Crippen LogP contribution is -2.48. The zero-order chi connectivity index (χ0) is 14.3. The number of halogens is 1. The van der Waals surface area contributed by atoms with Gasteiger partial charge in [-0.3, -0.25) is 0 Å². The first-order chi connectivity index (χ1) is 9.63. The Kier molecular flexibility index (Phi) is 3.93. The summed E-state index contributed by atoms with van der Waals surface area (Å²) >= 11 is 3.57. The molecule has 1 N–H and O–H groups in total. The Hall–Kier alpha value is -0.780. The third-order valence-corrected chi connectivity index (χ3v) is 5.10. The van der Waals surface area contributed by atoms with Crippen LogP contribution < -0.4 is 9.47 Å². The van der Waals surface area contributed by atoms with Crippen molar-refractivity contribution in [2.24, 2.45) is 11.8 Å². The van der Waals surface area contributed by atoms with Crippen LogP contribution in [0.4, 0.5) is 0 Å². The number of benzene rings is 1. The Labute approximate surface area is 127 Å². The number of aliphatic hydroxyl groups excluding tert-OH is 1. The summed E-state index contributed by atoms with van der Waals surface area (Å²) in [6.45, 7) is 2.83. The summed E-state index contributed by atoms with van der Waals surface area (Å²) in [5.74, 6) is 2.81. The van der Waals surface area contributed by atoms with Gasteiger partial charge in [-0.15, -0.1) is 0 Å². The first-order valence-corrected chi connectivity index (χ1v) is 7.73. The van der Waals surface area contributed by atoms with E-state index in [1.165, 1.54) is 5.56 Å². The smallest absolute Gasteiger partial charge is 0.137 e. The second-order valence-corrected chi connectivity index (χ2v) is 6.63. The summed E-state index contributed by atoms with van der Waals surface area (Å²) in [6.07, 6.45) is 0. The number of methoxy groups -OCH3 is 1. The van der Waals surface area contributed by atoms with Crippen LogP contribution in [-0.4, -0.2) is 50.5 Å². The maximum absolute atomic E-state index is 9.63. The third kappa shape index (κ3) is 2.32. The number of likely N-dealkylation sites (tertiary alicyclic amines) is 1. The fraction of sp³-hybridized carbons (Fsp3) is 0.600. The van der Waals surface area contributed by atoms with E-state index in [1.807, 2.05) is 6.07 Å². The maximum atomic E-state index is 9.63. The predicted octanol–water partition coefficient (Wildman–Crippen LogP) is 2.10. The summed E-state index contributed by atoms with van der Waals surface area (Å²) in [7, 11) is 3.79. The highest BCUT2D eigenvalue weighted by Gasteiger charge is 2.41. The van der Waals surface area contributed by atoms with Crippen molar-refractivity contribution in [3.63, 3.8) is 0 Å². The van der Waals surface area contributed by atoms with Crippen molar-refractivity contribution < 1.29 is 14.6 Å². The molecule has 4 nitrogen and oxygen atoms in total. The Bertz CT molecular complexity index is 508. The van der Waals surface area contributed by atoms with Crippen LogP contribution in [0.2, 0.25) is 0 Å². The molecule has 1 aromatic rings. The highest BCUT2D eigenvalue weighted by Crippen LogP contribution is 2.47. The monoisotopic (exact) mass is 341 g/mol. The lowest BCUT2D eigenvalue weighted by atomic mass is 9.73. The molecule has 0 amide bonds. The standard InChI is InChI=1S/C15H20BrNO3/c1-17-5-9(7-18)13-8-20-15-11(12(13)6-17)3-10(19-2)4-14(15)16/h3-4,9,12-13,18H,5-8H2,1-2H3. The molecule has 3 unspecified atom stereocenters. The SMILES string of the molecule is COc1cc(Br)c2c(c1)C1CN(C)CC(CO)C1CO2. The van der Waals surface area contributed by atoms with Gasteiger partial charge >= 0.3 is 0 Å². The Morgan fingerprint density at radius 1 is 1.45 bits per heavy atom. The first kappa shape index (κ1) is 14.2. The van der Waals surface area contributed by atoms with Crippen LogP contribution in [0.1, 0.15) is 11.5 Å². The number of hydrogen-bond donors (Lipinski definition) is 1. The zero-order valence-corrected chi connectivity index (χ0v) is 13.4. The summed E-state index contributed by atoms with van der Waals surface area (Å²) in [6, 6.07) is 4.01. The molecule has 110 valence electrons. The lowest BCUT2D eigenvalue weighted by Gasteiger charge is -2.45. The fourth-order valence-electron chi connectivity index (χ4n) is 3.50. The molecular formula is C15H20BrNO3. The van der Waals surface area contributed by atoms with Crippen LogP contribution in [0, 0.1) is 11.8 Å². The van der Waals surface area contributed by atoms with Gasteiger partial charge in [0, 0.05) is 43.0 Å². The van der Waals surface area contributed by atoms with Gasteiger partial charge in [-0.2, -0.15) is 0 Å².